The molecule has 4 rings (SSSR count). The smallest absolute Gasteiger partial charge is 0.246 e. The van der Waals surface area contributed by atoms with Gasteiger partial charge in [-0.15, -0.1) is 10.2 Å². The predicted molar refractivity (Wildman–Crippen MR) is 101 cm³/mol. The largest absolute Gasteiger partial charge is 0.437 e. The van der Waals surface area contributed by atoms with E-state index < -0.39 is 5.82 Å². The summed E-state index contributed by atoms with van der Waals surface area (Å²) in [4.78, 5) is 0. The molecule has 3 aromatic carbocycles. The van der Waals surface area contributed by atoms with Crippen molar-refractivity contribution < 1.29 is 9.13 Å². The maximum atomic E-state index is 13.3. The molecule has 0 unspecified atom stereocenters. The van der Waals surface area contributed by atoms with Gasteiger partial charge < -0.3 is 4.74 Å². The lowest BCUT2D eigenvalue weighted by molar-refractivity contribution is 0.460. The summed E-state index contributed by atoms with van der Waals surface area (Å²) in [6.45, 7) is 2.04. The molecule has 5 heteroatoms. The Morgan fingerprint density at radius 1 is 0.885 bits per heavy atom. The van der Waals surface area contributed by atoms with Crippen LogP contribution in [0.2, 0.25) is 5.02 Å². The van der Waals surface area contributed by atoms with E-state index in [4.69, 9.17) is 16.3 Å². The number of rotatable bonds is 3. The summed E-state index contributed by atoms with van der Waals surface area (Å²) in [6, 6.07) is 20.0. The van der Waals surface area contributed by atoms with Gasteiger partial charge in [-0.3, -0.25) is 0 Å². The monoisotopic (exact) mass is 364 g/mol. The number of aryl methyl sites for hydroxylation is 1. The normalized spacial score (nSPS) is 10.9. The fraction of sp³-hybridized carbons (Fsp3) is 0.0476. The summed E-state index contributed by atoms with van der Waals surface area (Å²) in [5, 5.41) is 10.3. The summed E-state index contributed by atoms with van der Waals surface area (Å²) in [5.41, 5.74) is 2.94. The molecular formula is C21H14ClFN2O. The van der Waals surface area contributed by atoms with Crippen LogP contribution in [0.4, 0.5) is 4.39 Å². The summed E-state index contributed by atoms with van der Waals surface area (Å²) >= 11 is 5.83. The van der Waals surface area contributed by atoms with Crippen LogP contribution in [0.25, 0.3) is 22.0 Å². The number of ether oxygens (including phenoxy) is 1. The third kappa shape index (κ3) is 3.11. The van der Waals surface area contributed by atoms with Crippen molar-refractivity contribution in [3.8, 4) is 22.9 Å². The van der Waals surface area contributed by atoms with Gasteiger partial charge in [0.25, 0.3) is 0 Å². The molecule has 0 aliphatic rings. The Morgan fingerprint density at radius 2 is 1.62 bits per heavy atom. The molecule has 26 heavy (non-hydrogen) atoms. The Balaban J connectivity index is 1.81. The van der Waals surface area contributed by atoms with Crippen LogP contribution in [0, 0.1) is 12.7 Å². The highest BCUT2D eigenvalue weighted by atomic mass is 35.5. The van der Waals surface area contributed by atoms with Gasteiger partial charge in [0.15, 0.2) is 0 Å². The third-order valence-electron chi connectivity index (χ3n) is 4.08. The van der Waals surface area contributed by atoms with Crippen molar-refractivity contribution in [3.05, 3.63) is 83.1 Å². The van der Waals surface area contributed by atoms with Gasteiger partial charge in [-0.1, -0.05) is 59.6 Å². The van der Waals surface area contributed by atoms with Crippen LogP contribution in [0.15, 0.2) is 66.7 Å². The van der Waals surface area contributed by atoms with Crippen LogP contribution in [-0.2, 0) is 0 Å². The lowest BCUT2D eigenvalue weighted by Gasteiger charge is -2.11. The topological polar surface area (TPSA) is 35.0 Å². The molecule has 0 bridgehead atoms. The lowest BCUT2D eigenvalue weighted by atomic mass is 10.0. The van der Waals surface area contributed by atoms with Crippen LogP contribution in [-0.4, -0.2) is 10.2 Å². The van der Waals surface area contributed by atoms with Crippen molar-refractivity contribution in [1.29, 1.82) is 0 Å². The van der Waals surface area contributed by atoms with Crippen molar-refractivity contribution >= 4 is 22.4 Å². The fourth-order valence-electron chi connectivity index (χ4n) is 2.73. The van der Waals surface area contributed by atoms with Crippen molar-refractivity contribution in [2.75, 3.05) is 0 Å². The van der Waals surface area contributed by atoms with Crippen molar-refractivity contribution in [2.24, 2.45) is 0 Å². The van der Waals surface area contributed by atoms with Gasteiger partial charge in [-0.05, 0) is 25.1 Å². The molecular weight excluding hydrogens is 351 g/mol. The Kier molecular flexibility index (Phi) is 4.27. The molecule has 1 heterocycles. The standard InChI is InChI=1S/C21H14ClFN2O/c1-13-6-8-14(9-7-13)20-16-4-2-3-5-17(16)21(25-24-20)26-15-10-11-19(23)18(22)12-15/h2-12H,1H3. The predicted octanol–water partition coefficient (Wildman–Crippen LogP) is 6.19. The first-order valence-corrected chi connectivity index (χ1v) is 8.45. The molecule has 0 aliphatic carbocycles. The fourth-order valence-corrected chi connectivity index (χ4v) is 2.90. The van der Waals surface area contributed by atoms with Crippen LogP contribution in [0.1, 0.15) is 5.56 Å². The summed E-state index contributed by atoms with van der Waals surface area (Å²) < 4.78 is 19.2. The zero-order valence-corrected chi connectivity index (χ0v) is 14.7. The van der Waals surface area contributed by atoms with Crippen LogP contribution < -0.4 is 4.74 Å². The van der Waals surface area contributed by atoms with E-state index in [0.717, 1.165) is 22.0 Å². The van der Waals surface area contributed by atoms with Crippen molar-refractivity contribution in [3.63, 3.8) is 0 Å². The highest BCUT2D eigenvalue weighted by Gasteiger charge is 2.13. The quantitative estimate of drug-likeness (QED) is 0.434. The molecule has 0 aliphatic heterocycles. The second-order valence-corrected chi connectivity index (χ2v) is 6.35. The lowest BCUT2D eigenvalue weighted by Crippen LogP contribution is -1.96. The summed E-state index contributed by atoms with van der Waals surface area (Å²) in [6.07, 6.45) is 0. The first kappa shape index (κ1) is 16.5. The van der Waals surface area contributed by atoms with Crippen LogP contribution >= 0.6 is 11.6 Å². The Hall–Kier alpha value is -2.98. The van der Waals surface area contributed by atoms with Gasteiger partial charge in [-0.2, -0.15) is 0 Å². The molecule has 0 radical (unpaired) electrons. The van der Waals surface area contributed by atoms with Gasteiger partial charge in [0, 0.05) is 22.4 Å². The minimum atomic E-state index is -0.496. The molecule has 3 nitrogen and oxygen atoms in total. The SMILES string of the molecule is Cc1ccc(-c2nnc(Oc3ccc(F)c(Cl)c3)c3ccccc23)cc1. The first-order chi connectivity index (χ1) is 12.6. The van der Waals surface area contributed by atoms with Crippen LogP contribution in [0.3, 0.4) is 0 Å². The molecule has 0 fully saturated rings. The summed E-state index contributed by atoms with van der Waals surface area (Å²) in [5.74, 6) is 0.253. The zero-order valence-electron chi connectivity index (χ0n) is 13.9. The summed E-state index contributed by atoms with van der Waals surface area (Å²) in [7, 11) is 0. The van der Waals surface area contributed by atoms with Crippen LogP contribution in [0.5, 0.6) is 11.6 Å². The van der Waals surface area contributed by atoms with E-state index in [-0.39, 0.29) is 5.02 Å². The van der Waals surface area contributed by atoms with Gasteiger partial charge in [0.05, 0.1) is 5.02 Å². The molecule has 0 saturated carbocycles. The molecule has 0 amide bonds. The number of fused-ring (bicyclic) bond motifs is 1. The number of aromatic nitrogens is 2. The van der Waals surface area contributed by atoms with E-state index in [9.17, 15) is 4.39 Å². The molecule has 1 aromatic heterocycles. The van der Waals surface area contributed by atoms with Gasteiger partial charge in [0.1, 0.15) is 17.3 Å². The second-order valence-electron chi connectivity index (χ2n) is 5.94. The molecule has 0 saturated heterocycles. The van der Waals surface area contributed by atoms with Gasteiger partial charge >= 0.3 is 0 Å². The van der Waals surface area contributed by atoms with Gasteiger partial charge in [-0.25, -0.2) is 4.39 Å². The number of halogens is 2. The Labute approximate surface area is 155 Å². The number of nitrogens with zero attached hydrogens (tertiary/aromatic N) is 2. The second kappa shape index (κ2) is 6.73. The van der Waals surface area contributed by atoms with E-state index in [1.165, 1.54) is 23.8 Å². The highest BCUT2D eigenvalue weighted by Crippen LogP contribution is 2.33. The van der Waals surface area contributed by atoms with Crippen molar-refractivity contribution in [1.82, 2.24) is 10.2 Å². The first-order valence-electron chi connectivity index (χ1n) is 8.07. The zero-order chi connectivity index (χ0) is 18.1. The molecule has 4 aromatic rings. The van der Waals surface area contributed by atoms with E-state index >= 15 is 0 Å². The van der Waals surface area contributed by atoms with E-state index in [0.29, 0.717) is 11.6 Å². The Bertz CT molecular complexity index is 1100. The van der Waals surface area contributed by atoms with E-state index in [1.54, 1.807) is 0 Å². The van der Waals surface area contributed by atoms with Crippen molar-refractivity contribution in [2.45, 2.75) is 6.92 Å². The highest BCUT2D eigenvalue weighted by molar-refractivity contribution is 6.30. The number of benzene rings is 3. The average Bonchev–Trinajstić information content (AvgIpc) is 2.66. The van der Waals surface area contributed by atoms with E-state index in [1.807, 2.05) is 55.5 Å². The number of hydrogen-bond acceptors (Lipinski definition) is 3. The molecule has 128 valence electrons. The van der Waals surface area contributed by atoms with Gasteiger partial charge in [0.2, 0.25) is 5.88 Å². The molecule has 0 spiro atoms. The maximum Gasteiger partial charge on any atom is 0.246 e. The Morgan fingerprint density at radius 3 is 2.35 bits per heavy atom. The minimum absolute atomic E-state index is 0.00367. The molecule has 0 atom stereocenters. The number of hydrogen-bond donors (Lipinski definition) is 0. The maximum absolute atomic E-state index is 13.3. The third-order valence-corrected chi connectivity index (χ3v) is 4.37. The minimum Gasteiger partial charge on any atom is -0.437 e. The van der Waals surface area contributed by atoms with E-state index in [2.05, 4.69) is 10.2 Å². The average molecular weight is 365 g/mol. The molecule has 0 N–H and O–H groups in total.